The summed E-state index contributed by atoms with van der Waals surface area (Å²) < 4.78 is 13.7. The van der Waals surface area contributed by atoms with E-state index in [1.54, 1.807) is 6.07 Å². The lowest BCUT2D eigenvalue weighted by Crippen LogP contribution is -1.71. The van der Waals surface area contributed by atoms with Crippen LogP contribution < -0.4 is 0 Å². The Balaban J connectivity index is 2.88. The number of hydrogen-bond acceptors (Lipinski definition) is 0. The first-order chi connectivity index (χ1) is 5.68. The molecule has 1 nitrogen and oxygen atoms in total. The van der Waals surface area contributed by atoms with Gasteiger partial charge in [0.2, 0.25) is 0 Å². The molecular formula is C9H7BrFN. The number of aromatic nitrogens is 1. The van der Waals surface area contributed by atoms with E-state index in [1.807, 2.05) is 6.92 Å². The maximum Gasteiger partial charge on any atom is 0.123 e. The Bertz CT molecular complexity index is 433. The van der Waals surface area contributed by atoms with E-state index in [2.05, 4.69) is 20.9 Å². The average Bonchev–Trinajstić information content (AvgIpc) is 2.31. The van der Waals surface area contributed by atoms with Crippen molar-refractivity contribution in [3.8, 4) is 0 Å². The zero-order chi connectivity index (χ0) is 8.72. The third-order valence-electron chi connectivity index (χ3n) is 1.87. The molecule has 0 saturated carbocycles. The predicted molar refractivity (Wildman–Crippen MR) is 50.7 cm³/mol. The molecule has 2 rings (SSSR count). The highest BCUT2D eigenvalue weighted by molar-refractivity contribution is 9.10. The zero-order valence-corrected chi connectivity index (χ0v) is 8.07. The number of halogens is 2. The molecule has 0 aliphatic heterocycles. The average molecular weight is 228 g/mol. The van der Waals surface area contributed by atoms with Crippen LogP contribution in [0.1, 0.15) is 5.69 Å². The van der Waals surface area contributed by atoms with Crippen molar-refractivity contribution in [2.75, 3.05) is 0 Å². The van der Waals surface area contributed by atoms with Gasteiger partial charge in [0.15, 0.2) is 0 Å². The van der Waals surface area contributed by atoms with Gasteiger partial charge in [-0.15, -0.1) is 0 Å². The number of H-pyrrole nitrogens is 1. The lowest BCUT2D eigenvalue weighted by Gasteiger charge is -1.89. The molecule has 1 N–H and O–H groups in total. The van der Waals surface area contributed by atoms with Crippen molar-refractivity contribution in [1.29, 1.82) is 0 Å². The van der Waals surface area contributed by atoms with Crippen LogP contribution in [0.3, 0.4) is 0 Å². The normalized spacial score (nSPS) is 10.9. The highest BCUT2D eigenvalue weighted by atomic mass is 79.9. The van der Waals surface area contributed by atoms with Gasteiger partial charge in [-0.1, -0.05) is 0 Å². The molecule has 12 heavy (non-hydrogen) atoms. The summed E-state index contributed by atoms with van der Waals surface area (Å²) in [4.78, 5) is 3.14. The van der Waals surface area contributed by atoms with Crippen LogP contribution in [-0.4, -0.2) is 4.98 Å². The summed E-state index contributed by atoms with van der Waals surface area (Å²) in [6.07, 6.45) is 0. The summed E-state index contributed by atoms with van der Waals surface area (Å²) in [5.74, 6) is -0.206. The minimum Gasteiger partial charge on any atom is -0.358 e. The Hall–Kier alpha value is -0.830. The molecule has 0 atom stereocenters. The van der Waals surface area contributed by atoms with Crippen LogP contribution in [0.4, 0.5) is 4.39 Å². The number of aromatic amines is 1. The summed E-state index contributed by atoms with van der Waals surface area (Å²) in [5, 5.41) is 0.896. The monoisotopic (exact) mass is 227 g/mol. The van der Waals surface area contributed by atoms with Gasteiger partial charge in [-0.2, -0.15) is 0 Å². The smallest absolute Gasteiger partial charge is 0.123 e. The van der Waals surface area contributed by atoms with Crippen LogP contribution in [0.2, 0.25) is 0 Å². The standard InChI is InChI=1S/C9H7BrFN/c1-5-9(10)7-4-6(11)2-3-8(7)12-5/h2-4,12H,1H3. The van der Waals surface area contributed by atoms with Crippen LogP contribution in [0.15, 0.2) is 22.7 Å². The molecule has 0 amide bonds. The fraction of sp³-hybridized carbons (Fsp3) is 0.111. The third-order valence-corrected chi connectivity index (χ3v) is 2.89. The molecule has 1 heterocycles. The first-order valence-electron chi connectivity index (χ1n) is 3.62. The van der Waals surface area contributed by atoms with Crippen LogP contribution in [0, 0.1) is 12.7 Å². The number of fused-ring (bicyclic) bond motifs is 1. The third kappa shape index (κ3) is 1.05. The van der Waals surface area contributed by atoms with E-state index in [9.17, 15) is 4.39 Å². The molecule has 0 radical (unpaired) electrons. The molecule has 1 aromatic heterocycles. The largest absolute Gasteiger partial charge is 0.358 e. The van der Waals surface area contributed by atoms with E-state index in [1.165, 1.54) is 12.1 Å². The second-order valence-electron chi connectivity index (χ2n) is 2.75. The van der Waals surface area contributed by atoms with E-state index in [4.69, 9.17) is 0 Å². The van der Waals surface area contributed by atoms with Crippen molar-refractivity contribution < 1.29 is 4.39 Å². The van der Waals surface area contributed by atoms with Gasteiger partial charge in [0.25, 0.3) is 0 Å². The van der Waals surface area contributed by atoms with Gasteiger partial charge < -0.3 is 4.98 Å². The van der Waals surface area contributed by atoms with Gasteiger partial charge in [-0.25, -0.2) is 4.39 Å². The van der Waals surface area contributed by atoms with E-state index < -0.39 is 0 Å². The summed E-state index contributed by atoms with van der Waals surface area (Å²) >= 11 is 3.39. The molecule has 0 spiro atoms. The second kappa shape index (κ2) is 2.59. The maximum absolute atomic E-state index is 12.8. The number of nitrogens with one attached hydrogen (secondary N) is 1. The quantitative estimate of drug-likeness (QED) is 0.711. The van der Waals surface area contributed by atoms with Crippen molar-refractivity contribution in [3.63, 3.8) is 0 Å². The van der Waals surface area contributed by atoms with E-state index in [0.717, 1.165) is 21.1 Å². The Morgan fingerprint density at radius 1 is 1.42 bits per heavy atom. The summed E-state index contributed by atoms with van der Waals surface area (Å²) in [7, 11) is 0. The summed E-state index contributed by atoms with van der Waals surface area (Å²) in [5.41, 5.74) is 1.98. The highest BCUT2D eigenvalue weighted by Crippen LogP contribution is 2.27. The molecule has 0 fully saturated rings. The molecule has 0 unspecified atom stereocenters. The fourth-order valence-corrected chi connectivity index (χ4v) is 1.69. The molecule has 3 heteroatoms. The van der Waals surface area contributed by atoms with Gasteiger partial charge in [-0.05, 0) is 41.1 Å². The first-order valence-corrected chi connectivity index (χ1v) is 4.41. The Labute approximate surface area is 77.7 Å². The molecule has 0 bridgehead atoms. The number of rotatable bonds is 0. The first kappa shape index (κ1) is 7.80. The van der Waals surface area contributed by atoms with Gasteiger partial charge in [0, 0.05) is 21.1 Å². The van der Waals surface area contributed by atoms with E-state index in [0.29, 0.717) is 0 Å². The molecule has 0 aliphatic rings. The van der Waals surface area contributed by atoms with Crippen molar-refractivity contribution in [2.45, 2.75) is 6.92 Å². The van der Waals surface area contributed by atoms with Gasteiger partial charge in [-0.3, -0.25) is 0 Å². The van der Waals surface area contributed by atoms with E-state index in [-0.39, 0.29) is 5.82 Å². The minimum absolute atomic E-state index is 0.206. The molecule has 2 aromatic rings. The highest BCUT2D eigenvalue weighted by Gasteiger charge is 2.05. The molecule has 0 aliphatic carbocycles. The van der Waals surface area contributed by atoms with Gasteiger partial charge in [0.1, 0.15) is 5.82 Å². The van der Waals surface area contributed by atoms with Crippen LogP contribution in [-0.2, 0) is 0 Å². The van der Waals surface area contributed by atoms with Crippen molar-refractivity contribution in [3.05, 3.63) is 34.2 Å². The number of aryl methyl sites for hydroxylation is 1. The fourth-order valence-electron chi connectivity index (χ4n) is 1.27. The number of benzene rings is 1. The molecule has 0 saturated heterocycles. The zero-order valence-electron chi connectivity index (χ0n) is 6.49. The van der Waals surface area contributed by atoms with Crippen LogP contribution >= 0.6 is 15.9 Å². The minimum atomic E-state index is -0.206. The topological polar surface area (TPSA) is 15.8 Å². The summed E-state index contributed by atoms with van der Waals surface area (Å²) in [6, 6.07) is 4.70. The van der Waals surface area contributed by atoms with Gasteiger partial charge >= 0.3 is 0 Å². The molecular weight excluding hydrogens is 221 g/mol. The van der Waals surface area contributed by atoms with Crippen LogP contribution in [0.5, 0.6) is 0 Å². The molecule has 62 valence electrons. The summed E-state index contributed by atoms with van der Waals surface area (Å²) in [6.45, 7) is 1.95. The Morgan fingerprint density at radius 3 is 2.92 bits per heavy atom. The van der Waals surface area contributed by atoms with Crippen molar-refractivity contribution >= 4 is 26.8 Å². The lowest BCUT2D eigenvalue weighted by molar-refractivity contribution is 0.629. The van der Waals surface area contributed by atoms with Crippen molar-refractivity contribution in [2.24, 2.45) is 0 Å². The lowest BCUT2D eigenvalue weighted by atomic mass is 10.2. The van der Waals surface area contributed by atoms with E-state index >= 15 is 0 Å². The van der Waals surface area contributed by atoms with Gasteiger partial charge in [0.05, 0.1) is 0 Å². The second-order valence-corrected chi connectivity index (χ2v) is 3.55. The Kier molecular flexibility index (Phi) is 1.68. The van der Waals surface area contributed by atoms with Crippen LogP contribution in [0.25, 0.3) is 10.9 Å². The maximum atomic E-state index is 12.8. The SMILES string of the molecule is Cc1[nH]c2ccc(F)cc2c1Br. The predicted octanol–water partition coefficient (Wildman–Crippen LogP) is 3.38. The number of hydrogen-bond donors (Lipinski definition) is 1. The van der Waals surface area contributed by atoms with Crippen molar-refractivity contribution in [1.82, 2.24) is 4.98 Å². The molecule has 1 aromatic carbocycles. The Morgan fingerprint density at radius 2 is 2.17 bits per heavy atom.